The molecule has 1 aliphatic rings. The molecule has 0 aliphatic carbocycles. The average molecular weight is 362 g/mol. The van der Waals surface area contributed by atoms with E-state index in [1.165, 1.54) is 6.33 Å². The lowest BCUT2D eigenvalue weighted by Gasteiger charge is -2.16. The maximum absolute atomic E-state index is 12.5. The van der Waals surface area contributed by atoms with Gasteiger partial charge in [0.05, 0.1) is 23.8 Å². The van der Waals surface area contributed by atoms with Crippen molar-refractivity contribution in [2.24, 2.45) is 5.92 Å². The zero-order chi connectivity index (χ0) is 18.6. The first-order chi connectivity index (χ1) is 13.2. The van der Waals surface area contributed by atoms with E-state index in [9.17, 15) is 9.59 Å². The molecule has 0 spiro atoms. The lowest BCUT2D eigenvalue weighted by molar-refractivity contribution is -0.128. The second-order valence-electron chi connectivity index (χ2n) is 6.37. The van der Waals surface area contributed by atoms with Crippen molar-refractivity contribution in [2.45, 2.75) is 13.0 Å². The number of anilines is 1. The van der Waals surface area contributed by atoms with Gasteiger partial charge in [-0.05, 0) is 36.4 Å². The van der Waals surface area contributed by atoms with Gasteiger partial charge in [-0.15, -0.1) is 0 Å². The first-order valence-corrected chi connectivity index (χ1v) is 8.62. The van der Waals surface area contributed by atoms with Gasteiger partial charge in [-0.1, -0.05) is 6.07 Å². The van der Waals surface area contributed by atoms with Crippen LogP contribution < -0.4 is 5.32 Å². The summed E-state index contributed by atoms with van der Waals surface area (Å²) in [5.74, 6) is -0.543. The topological polar surface area (TPSA) is 93.0 Å². The predicted molar refractivity (Wildman–Crippen MR) is 97.7 cm³/mol. The van der Waals surface area contributed by atoms with Crippen LogP contribution in [0.25, 0.3) is 5.69 Å². The number of benzene rings is 1. The maximum atomic E-state index is 12.5. The summed E-state index contributed by atoms with van der Waals surface area (Å²) in [6.07, 6.45) is 4.98. The number of hydrogen-bond donors (Lipinski definition) is 1. The Kier molecular flexibility index (Phi) is 4.61. The zero-order valence-corrected chi connectivity index (χ0v) is 14.5. The summed E-state index contributed by atoms with van der Waals surface area (Å²) in [4.78, 5) is 34.6. The summed E-state index contributed by atoms with van der Waals surface area (Å²) in [6.45, 7) is 0.828. The zero-order valence-electron chi connectivity index (χ0n) is 14.5. The Balaban J connectivity index is 1.36. The van der Waals surface area contributed by atoms with E-state index in [0.717, 1.165) is 11.4 Å². The monoisotopic (exact) mass is 362 g/mol. The molecule has 1 saturated heterocycles. The van der Waals surface area contributed by atoms with Gasteiger partial charge in [-0.25, -0.2) is 9.67 Å². The number of pyridine rings is 1. The molecule has 8 nitrogen and oxygen atoms in total. The Morgan fingerprint density at radius 2 is 2.04 bits per heavy atom. The van der Waals surface area contributed by atoms with Crippen LogP contribution in [-0.2, 0) is 16.1 Å². The summed E-state index contributed by atoms with van der Waals surface area (Å²) >= 11 is 0. The Morgan fingerprint density at radius 3 is 2.74 bits per heavy atom. The van der Waals surface area contributed by atoms with Crippen LogP contribution in [-0.4, -0.2) is 43.0 Å². The number of hydrogen-bond acceptors (Lipinski definition) is 5. The molecule has 4 rings (SSSR count). The van der Waals surface area contributed by atoms with Gasteiger partial charge in [-0.3, -0.25) is 14.6 Å². The third-order valence-corrected chi connectivity index (χ3v) is 4.48. The van der Waals surface area contributed by atoms with E-state index in [0.29, 0.717) is 18.8 Å². The van der Waals surface area contributed by atoms with E-state index in [2.05, 4.69) is 20.4 Å². The van der Waals surface area contributed by atoms with Crippen molar-refractivity contribution in [3.05, 3.63) is 67.0 Å². The second-order valence-corrected chi connectivity index (χ2v) is 6.37. The fourth-order valence-corrected chi connectivity index (χ4v) is 3.07. The van der Waals surface area contributed by atoms with E-state index < -0.39 is 0 Å². The van der Waals surface area contributed by atoms with E-state index in [-0.39, 0.29) is 24.2 Å². The molecule has 0 saturated carbocycles. The SMILES string of the molecule is O=C(Nc1ccc(-n2cncn2)cc1)C1CC(=O)N(Cc2ccccn2)C1. The van der Waals surface area contributed by atoms with Crippen molar-refractivity contribution in [1.82, 2.24) is 24.6 Å². The Morgan fingerprint density at radius 1 is 1.19 bits per heavy atom. The third kappa shape index (κ3) is 3.84. The third-order valence-electron chi connectivity index (χ3n) is 4.48. The van der Waals surface area contributed by atoms with Crippen molar-refractivity contribution in [2.75, 3.05) is 11.9 Å². The molecule has 136 valence electrons. The lowest BCUT2D eigenvalue weighted by atomic mass is 10.1. The molecule has 1 aromatic carbocycles. The first kappa shape index (κ1) is 16.9. The van der Waals surface area contributed by atoms with Gasteiger partial charge in [0, 0.05) is 24.8 Å². The van der Waals surface area contributed by atoms with Gasteiger partial charge in [0.15, 0.2) is 0 Å². The van der Waals surface area contributed by atoms with E-state index in [4.69, 9.17) is 0 Å². The van der Waals surface area contributed by atoms with Crippen molar-refractivity contribution >= 4 is 17.5 Å². The van der Waals surface area contributed by atoms with Crippen LogP contribution in [0.1, 0.15) is 12.1 Å². The van der Waals surface area contributed by atoms with Gasteiger partial charge in [-0.2, -0.15) is 5.10 Å². The molecule has 1 aliphatic heterocycles. The number of aromatic nitrogens is 4. The molecule has 2 aromatic heterocycles. The number of amides is 2. The molecule has 27 heavy (non-hydrogen) atoms. The Hall–Kier alpha value is -3.55. The van der Waals surface area contributed by atoms with Gasteiger partial charge < -0.3 is 10.2 Å². The fourth-order valence-electron chi connectivity index (χ4n) is 3.07. The van der Waals surface area contributed by atoms with Crippen LogP contribution >= 0.6 is 0 Å². The molecule has 1 unspecified atom stereocenters. The minimum absolute atomic E-state index is 0.0256. The van der Waals surface area contributed by atoms with Crippen LogP contribution in [0.4, 0.5) is 5.69 Å². The highest BCUT2D eigenvalue weighted by Gasteiger charge is 2.34. The molecular formula is C19H18N6O2. The highest BCUT2D eigenvalue weighted by molar-refractivity contribution is 5.97. The Bertz CT molecular complexity index is 925. The fraction of sp³-hybridized carbons (Fsp3) is 0.211. The number of rotatable bonds is 5. The standard InChI is InChI=1S/C19H18N6O2/c26-18-9-14(10-24(18)11-16-3-1-2-8-21-16)19(27)23-15-4-6-17(7-5-15)25-13-20-12-22-25/h1-8,12-14H,9-11H2,(H,23,27). The van der Waals surface area contributed by atoms with Crippen LogP contribution in [0.2, 0.25) is 0 Å². The molecule has 0 radical (unpaired) electrons. The minimum Gasteiger partial charge on any atom is -0.336 e. The van der Waals surface area contributed by atoms with Gasteiger partial charge >= 0.3 is 0 Å². The van der Waals surface area contributed by atoms with Crippen LogP contribution in [0.3, 0.4) is 0 Å². The van der Waals surface area contributed by atoms with Gasteiger partial charge in [0.25, 0.3) is 0 Å². The number of carbonyl (C=O) groups excluding carboxylic acids is 2. The first-order valence-electron chi connectivity index (χ1n) is 8.62. The predicted octanol–water partition coefficient (Wildman–Crippen LogP) is 1.65. The molecular weight excluding hydrogens is 344 g/mol. The number of nitrogens with one attached hydrogen (secondary N) is 1. The van der Waals surface area contributed by atoms with E-state index in [1.807, 2.05) is 30.3 Å². The van der Waals surface area contributed by atoms with Crippen LogP contribution in [0.15, 0.2) is 61.3 Å². The molecule has 1 atom stereocenters. The molecule has 2 amide bonds. The quantitative estimate of drug-likeness (QED) is 0.745. The largest absolute Gasteiger partial charge is 0.336 e. The molecule has 0 bridgehead atoms. The van der Waals surface area contributed by atoms with Crippen LogP contribution in [0, 0.1) is 5.92 Å². The van der Waals surface area contributed by atoms with Crippen molar-refractivity contribution in [1.29, 1.82) is 0 Å². The van der Waals surface area contributed by atoms with Gasteiger partial charge in [0.1, 0.15) is 12.7 Å². The van der Waals surface area contributed by atoms with E-state index >= 15 is 0 Å². The maximum Gasteiger partial charge on any atom is 0.229 e. The summed E-state index contributed by atoms with van der Waals surface area (Å²) in [7, 11) is 0. The average Bonchev–Trinajstić information content (AvgIpc) is 3.34. The van der Waals surface area contributed by atoms with Gasteiger partial charge in [0.2, 0.25) is 11.8 Å². The molecule has 1 fully saturated rings. The van der Waals surface area contributed by atoms with Crippen molar-refractivity contribution < 1.29 is 9.59 Å². The number of likely N-dealkylation sites (tertiary alicyclic amines) is 1. The highest BCUT2D eigenvalue weighted by atomic mass is 16.2. The van der Waals surface area contributed by atoms with Crippen LogP contribution in [0.5, 0.6) is 0 Å². The molecule has 8 heteroatoms. The summed E-state index contributed by atoms with van der Waals surface area (Å²) < 4.78 is 1.64. The summed E-state index contributed by atoms with van der Waals surface area (Å²) in [6, 6.07) is 12.9. The summed E-state index contributed by atoms with van der Waals surface area (Å²) in [5, 5.41) is 6.94. The normalized spacial score (nSPS) is 16.5. The Labute approximate surface area is 155 Å². The number of nitrogens with zero attached hydrogens (tertiary/aromatic N) is 5. The molecule has 3 aromatic rings. The lowest BCUT2D eigenvalue weighted by Crippen LogP contribution is -2.28. The number of carbonyl (C=O) groups is 2. The second kappa shape index (κ2) is 7.36. The smallest absolute Gasteiger partial charge is 0.229 e. The molecule has 1 N–H and O–H groups in total. The van der Waals surface area contributed by atoms with Crippen molar-refractivity contribution in [3.8, 4) is 5.69 Å². The summed E-state index contributed by atoms with van der Waals surface area (Å²) in [5.41, 5.74) is 2.35. The van der Waals surface area contributed by atoms with E-state index in [1.54, 1.807) is 34.2 Å². The molecule has 3 heterocycles. The minimum atomic E-state index is -0.365. The highest BCUT2D eigenvalue weighted by Crippen LogP contribution is 2.22. The van der Waals surface area contributed by atoms with Crippen molar-refractivity contribution in [3.63, 3.8) is 0 Å².